The normalized spacial score (nSPS) is 10.8. The lowest BCUT2D eigenvalue weighted by atomic mass is 10.1. The second kappa shape index (κ2) is 5.10. The Morgan fingerprint density at radius 3 is 3.00 bits per heavy atom. The summed E-state index contributed by atoms with van der Waals surface area (Å²) in [6.07, 6.45) is 4.10. The first-order valence-electron chi connectivity index (χ1n) is 5.60. The number of aryl methyl sites for hydroxylation is 2. The molecule has 17 heavy (non-hydrogen) atoms. The zero-order valence-electron chi connectivity index (χ0n) is 9.73. The van der Waals surface area contributed by atoms with Crippen molar-refractivity contribution in [2.75, 3.05) is 6.61 Å². The molecular formula is C13H15FN2O. The Kier molecular flexibility index (Phi) is 3.54. The second-order valence-corrected chi connectivity index (χ2v) is 4.05. The van der Waals surface area contributed by atoms with Gasteiger partial charge in [0.15, 0.2) is 0 Å². The summed E-state index contributed by atoms with van der Waals surface area (Å²) in [6.45, 7) is 2.71. The lowest BCUT2D eigenvalue weighted by Gasteiger charge is -2.01. The van der Waals surface area contributed by atoms with E-state index < -0.39 is 0 Å². The van der Waals surface area contributed by atoms with E-state index in [-0.39, 0.29) is 12.4 Å². The summed E-state index contributed by atoms with van der Waals surface area (Å²) >= 11 is 0. The van der Waals surface area contributed by atoms with Crippen LogP contribution in [0.3, 0.4) is 0 Å². The highest BCUT2D eigenvalue weighted by molar-refractivity contribution is 5.63. The molecule has 1 N–H and O–H groups in total. The Balaban J connectivity index is 2.27. The van der Waals surface area contributed by atoms with Crippen molar-refractivity contribution >= 4 is 0 Å². The SMILES string of the molecule is Cc1ccc(F)c(-c2cnn(CCCO)c2)c1. The van der Waals surface area contributed by atoms with E-state index in [1.807, 2.05) is 13.0 Å². The molecular weight excluding hydrogens is 219 g/mol. The molecule has 0 bridgehead atoms. The summed E-state index contributed by atoms with van der Waals surface area (Å²) in [5.41, 5.74) is 2.36. The van der Waals surface area contributed by atoms with Crippen LogP contribution in [0.2, 0.25) is 0 Å². The van der Waals surface area contributed by atoms with Crippen LogP contribution in [0, 0.1) is 12.7 Å². The molecule has 0 unspecified atom stereocenters. The van der Waals surface area contributed by atoms with Crippen LogP contribution in [0.1, 0.15) is 12.0 Å². The maximum absolute atomic E-state index is 13.6. The van der Waals surface area contributed by atoms with Gasteiger partial charge in [0.05, 0.1) is 6.20 Å². The van der Waals surface area contributed by atoms with Crippen LogP contribution in [-0.4, -0.2) is 21.5 Å². The molecule has 0 saturated carbocycles. The van der Waals surface area contributed by atoms with Crippen molar-refractivity contribution in [2.24, 2.45) is 0 Å². The van der Waals surface area contributed by atoms with Gasteiger partial charge in [-0.25, -0.2) is 4.39 Å². The Morgan fingerprint density at radius 1 is 1.41 bits per heavy atom. The van der Waals surface area contributed by atoms with Crippen LogP contribution in [0.5, 0.6) is 0 Å². The molecule has 3 nitrogen and oxygen atoms in total. The monoisotopic (exact) mass is 234 g/mol. The van der Waals surface area contributed by atoms with Gasteiger partial charge in [-0.3, -0.25) is 4.68 Å². The standard InChI is InChI=1S/C13H15FN2O/c1-10-3-4-13(14)12(7-10)11-8-15-16(9-11)5-2-6-17/h3-4,7-9,17H,2,5-6H2,1H3. The summed E-state index contributed by atoms with van der Waals surface area (Å²) in [5.74, 6) is -0.239. The van der Waals surface area contributed by atoms with E-state index in [1.165, 1.54) is 6.07 Å². The maximum atomic E-state index is 13.6. The molecule has 2 aromatic rings. The molecule has 0 amide bonds. The van der Waals surface area contributed by atoms with Crippen LogP contribution in [0.25, 0.3) is 11.1 Å². The molecule has 0 aliphatic heterocycles. The second-order valence-electron chi connectivity index (χ2n) is 4.05. The van der Waals surface area contributed by atoms with E-state index in [2.05, 4.69) is 5.10 Å². The van der Waals surface area contributed by atoms with Crippen LogP contribution in [0.4, 0.5) is 4.39 Å². The van der Waals surface area contributed by atoms with Gasteiger partial charge in [0, 0.05) is 30.5 Å². The Hall–Kier alpha value is -1.68. The predicted octanol–water partition coefficient (Wildman–Crippen LogP) is 2.38. The lowest BCUT2D eigenvalue weighted by molar-refractivity contribution is 0.277. The van der Waals surface area contributed by atoms with Crippen LogP contribution in [0.15, 0.2) is 30.6 Å². The van der Waals surface area contributed by atoms with Crippen molar-refractivity contribution in [2.45, 2.75) is 19.9 Å². The highest BCUT2D eigenvalue weighted by Gasteiger charge is 2.07. The molecule has 1 aromatic carbocycles. The van der Waals surface area contributed by atoms with Gasteiger partial charge in [0.1, 0.15) is 5.82 Å². The quantitative estimate of drug-likeness (QED) is 0.882. The largest absolute Gasteiger partial charge is 0.396 e. The zero-order chi connectivity index (χ0) is 12.3. The van der Waals surface area contributed by atoms with Crippen molar-refractivity contribution in [3.63, 3.8) is 0 Å². The van der Waals surface area contributed by atoms with E-state index >= 15 is 0 Å². The fourth-order valence-corrected chi connectivity index (χ4v) is 1.72. The topological polar surface area (TPSA) is 38.0 Å². The average Bonchev–Trinajstić information content (AvgIpc) is 2.78. The maximum Gasteiger partial charge on any atom is 0.131 e. The summed E-state index contributed by atoms with van der Waals surface area (Å²) in [6, 6.07) is 5.02. The smallest absolute Gasteiger partial charge is 0.131 e. The molecule has 0 atom stereocenters. The highest BCUT2D eigenvalue weighted by Crippen LogP contribution is 2.23. The predicted molar refractivity (Wildman–Crippen MR) is 64.1 cm³/mol. The van der Waals surface area contributed by atoms with E-state index in [0.717, 1.165) is 11.1 Å². The summed E-state index contributed by atoms with van der Waals surface area (Å²) < 4.78 is 15.4. The molecule has 0 spiro atoms. The number of hydrogen-bond acceptors (Lipinski definition) is 2. The summed E-state index contributed by atoms with van der Waals surface area (Å²) in [5, 5.41) is 12.9. The Morgan fingerprint density at radius 2 is 2.24 bits per heavy atom. The van der Waals surface area contributed by atoms with Gasteiger partial charge in [0.25, 0.3) is 0 Å². The van der Waals surface area contributed by atoms with E-state index in [0.29, 0.717) is 18.5 Å². The minimum atomic E-state index is -0.239. The third-order valence-electron chi connectivity index (χ3n) is 2.61. The molecule has 4 heteroatoms. The molecule has 0 fully saturated rings. The van der Waals surface area contributed by atoms with Crippen molar-refractivity contribution in [1.29, 1.82) is 0 Å². The Bertz CT molecular complexity index is 508. The first kappa shape index (κ1) is 11.8. The first-order valence-corrected chi connectivity index (χ1v) is 5.60. The van der Waals surface area contributed by atoms with Gasteiger partial charge in [-0.05, 0) is 25.5 Å². The number of benzene rings is 1. The van der Waals surface area contributed by atoms with E-state index in [4.69, 9.17) is 5.11 Å². The van der Waals surface area contributed by atoms with Gasteiger partial charge >= 0.3 is 0 Å². The fourth-order valence-electron chi connectivity index (χ4n) is 1.72. The minimum absolute atomic E-state index is 0.133. The number of aliphatic hydroxyl groups excluding tert-OH is 1. The number of rotatable bonds is 4. The van der Waals surface area contributed by atoms with Crippen molar-refractivity contribution in [3.05, 3.63) is 42.0 Å². The number of aliphatic hydroxyl groups is 1. The molecule has 0 saturated heterocycles. The van der Waals surface area contributed by atoms with E-state index in [1.54, 1.807) is 23.1 Å². The number of hydrogen-bond donors (Lipinski definition) is 1. The third-order valence-corrected chi connectivity index (χ3v) is 2.61. The van der Waals surface area contributed by atoms with E-state index in [9.17, 15) is 4.39 Å². The average molecular weight is 234 g/mol. The molecule has 1 aromatic heterocycles. The lowest BCUT2D eigenvalue weighted by Crippen LogP contribution is -1.99. The van der Waals surface area contributed by atoms with Crippen LogP contribution in [-0.2, 0) is 6.54 Å². The van der Waals surface area contributed by atoms with Crippen LogP contribution >= 0.6 is 0 Å². The van der Waals surface area contributed by atoms with Gasteiger partial charge in [-0.1, -0.05) is 11.6 Å². The zero-order valence-corrected chi connectivity index (χ0v) is 9.73. The van der Waals surface area contributed by atoms with Gasteiger partial charge in [-0.2, -0.15) is 5.10 Å². The number of nitrogens with zero attached hydrogens (tertiary/aromatic N) is 2. The van der Waals surface area contributed by atoms with Gasteiger partial charge < -0.3 is 5.11 Å². The summed E-state index contributed by atoms with van der Waals surface area (Å²) in [4.78, 5) is 0. The minimum Gasteiger partial charge on any atom is -0.396 e. The number of aromatic nitrogens is 2. The van der Waals surface area contributed by atoms with Crippen LogP contribution < -0.4 is 0 Å². The van der Waals surface area contributed by atoms with Gasteiger partial charge in [-0.15, -0.1) is 0 Å². The molecule has 1 heterocycles. The highest BCUT2D eigenvalue weighted by atomic mass is 19.1. The van der Waals surface area contributed by atoms with Crippen molar-refractivity contribution in [3.8, 4) is 11.1 Å². The molecule has 90 valence electrons. The third kappa shape index (κ3) is 2.71. The molecule has 0 aliphatic carbocycles. The molecule has 2 rings (SSSR count). The molecule has 0 aliphatic rings. The first-order chi connectivity index (χ1) is 8.20. The number of halogens is 1. The van der Waals surface area contributed by atoms with Crippen molar-refractivity contribution < 1.29 is 9.50 Å². The van der Waals surface area contributed by atoms with Crippen molar-refractivity contribution in [1.82, 2.24) is 9.78 Å². The van der Waals surface area contributed by atoms with Gasteiger partial charge in [0.2, 0.25) is 0 Å². The molecule has 0 radical (unpaired) electrons. The Labute approximate surface area is 99.5 Å². The summed E-state index contributed by atoms with van der Waals surface area (Å²) in [7, 11) is 0. The fraction of sp³-hybridized carbons (Fsp3) is 0.308.